The van der Waals surface area contributed by atoms with Crippen molar-refractivity contribution < 1.29 is 53.3 Å². The summed E-state index contributed by atoms with van der Waals surface area (Å²) in [7, 11) is 3.96. The Labute approximate surface area is 440 Å². The predicted molar refractivity (Wildman–Crippen MR) is 294 cm³/mol. The standard InChI is InChI=1S/C60H111NO11/c1-5-7-9-11-13-15-17-19-21-23-25-27-29-31-33-35-45-69-58(64)50-67-49-56(62)55-48-53(55)40-37-41-54(72-57(63)43-38-44-61(3)4)42-39-47-71-60(66)52-68-51-59(65)70-46-36-34-32-30-28-26-24-22-20-18-16-14-12-10-8-6-2/h14,16,19-22,53-56,59-60,62,65-66H,5-13,15,17-18,23-52H2,1-4H3/b16-14-,21-19-,22-20-. The summed E-state index contributed by atoms with van der Waals surface area (Å²) in [5.74, 6) is -0.0794. The summed E-state index contributed by atoms with van der Waals surface area (Å²) >= 11 is 0. The fraction of sp³-hybridized carbons (Fsp3) is 0.867. The Kier molecular flexibility index (Phi) is 48.0. The summed E-state index contributed by atoms with van der Waals surface area (Å²) in [5, 5.41) is 31.2. The van der Waals surface area contributed by atoms with Gasteiger partial charge < -0.3 is 48.6 Å². The molecule has 0 aliphatic heterocycles. The highest BCUT2D eigenvalue weighted by atomic mass is 16.6. The molecule has 0 radical (unpaired) electrons. The van der Waals surface area contributed by atoms with Crippen LogP contribution in [0.1, 0.15) is 232 Å². The molecule has 0 amide bonds. The number of ether oxygens (including phenoxy) is 6. The Morgan fingerprint density at radius 3 is 1.61 bits per heavy atom. The Bertz CT molecular complexity index is 1290. The van der Waals surface area contributed by atoms with Crippen LogP contribution in [0, 0.1) is 11.8 Å². The molecular formula is C60H111NO11. The molecule has 3 N–H and O–H groups in total. The van der Waals surface area contributed by atoms with E-state index in [2.05, 4.69) is 50.3 Å². The summed E-state index contributed by atoms with van der Waals surface area (Å²) in [6.45, 7) is 6.29. The minimum atomic E-state index is -1.14. The van der Waals surface area contributed by atoms with Crippen LogP contribution in [-0.2, 0) is 38.0 Å². The number of hydrogen-bond donors (Lipinski definition) is 3. The monoisotopic (exact) mass is 1020 g/mol. The van der Waals surface area contributed by atoms with Gasteiger partial charge in [-0.3, -0.25) is 4.79 Å². The number of aliphatic hydroxyl groups is 3. The van der Waals surface area contributed by atoms with E-state index in [9.17, 15) is 24.9 Å². The molecule has 0 saturated heterocycles. The van der Waals surface area contributed by atoms with E-state index in [1.807, 2.05) is 19.0 Å². The molecule has 6 unspecified atom stereocenters. The van der Waals surface area contributed by atoms with E-state index in [1.165, 1.54) is 116 Å². The molecule has 0 spiro atoms. The van der Waals surface area contributed by atoms with Gasteiger partial charge in [-0.2, -0.15) is 0 Å². The lowest BCUT2D eigenvalue weighted by Crippen LogP contribution is -2.26. The number of carbonyl (C=O) groups is 2. The minimum absolute atomic E-state index is 0.0482. The van der Waals surface area contributed by atoms with E-state index in [0.29, 0.717) is 44.8 Å². The van der Waals surface area contributed by atoms with Crippen LogP contribution in [0.5, 0.6) is 0 Å². The average Bonchev–Trinajstić information content (AvgIpc) is 4.14. The molecule has 12 heteroatoms. The van der Waals surface area contributed by atoms with Crippen LogP contribution in [0.25, 0.3) is 0 Å². The lowest BCUT2D eigenvalue weighted by atomic mass is 10.0. The van der Waals surface area contributed by atoms with Crippen molar-refractivity contribution >= 4 is 11.9 Å². The van der Waals surface area contributed by atoms with Crippen molar-refractivity contribution in [3.05, 3.63) is 36.5 Å². The Balaban J connectivity index is 2.14. The van der Waals surface area contributed by atoms with E-state index >= 15 is 0 Å². The molecular weight excluding hydrogens is 911 g/mol. The van der Waals surface area contributed by atoms with E-state index in [0.717, 1.165) is 83.6 Å². The third-order valence-corrected chi connectivity index (χ3v) is 13.4. The van der Waals surface area contributed by atoms with Gasteiger partial charge in [-0.25, -0.2) is 4.79 Å². The molecule has 0 heterocycles. The van der Waals surface area contributed by atoms with Crippen molar-refractivity contribution in [2.45, 2.75) is 257 Å². The van der Waals surface area contributed by atoms with Gasteiger partial charge in [0, 0.05) is 19.6 Å². The lowest BCUT2D eigenvalue weighted by Gasteiger charge is -2.19. The molecule has 12 nitrogen and oxygen atoms in total. The maximum atomic E-state index is 12.7. The third kappa shape index (κ3) is 46.4. The molecule has 0 aromatic heterocycles. The second kappa shape index (κ2) is 51.0. The van der Waals surface area contributed by atoms with Crippen LogP contribution in [0.3, 0.4) is 0 Å². The van der Waals surface area contributed by atoms with Gasteiger partial charge >= 0.3 is 11.9 Å². The summed E-state index contributed by atoms with van der Waals surface area (Å²) in [6.07, 6.45) is 47.8. The van der Waals surface area contributed by atoms with Crippen molar-refractivity contribution in [1.29, 1.82) is 0 Å². The van der Waals surface area contributed by atoms with E-state index < -0.39 is 18.7 Å². The topological polar surface area (TPSA) is 153 Å². The van der Waals surface area contributed by atoms with Gasteiger partial charge in [0.1, 0.15) is 12.7 Å². The van der Waals surface area contributed by atoms with Crippen molar-refractivity contribution in [2.24, 2.45) is 11.8 Å². The largest absolute Gasteiger partial charge is 0.464 e. The number of aliphatic hydroxyl groups excluding tert-OH is 3. The van der Waals surface area contributed by atoms with E-state index in [1.54, 1.807) is 0 Å². The quantitative estimate of drug-likeness (QED) is 0.0230. The Hall–Kier alpha value is -2.16. The summed E-state index contributed by atoms with van der Waals surface area (Å²) in [4.78, 5) is 26.9. The number of unbranched alkanes of at least 4 members (excludes halogenated alkanes) is 21. The highest BCUT2D eigenvalue weighted by molar-refractivity contribution is 5.70. The molecule has 0 bridgehead atoms. The molecule has 1 rings (SSSR count). The summed E-state index contributed by atoms with van der Waals surface area (Å²) < 4.78 is 33.3. The second-order valence-corrected chi connectivity index (χ2v) is 20.8. The number of hydrogen-bond acceptors (Lipinski definition) is 12. The van der Waals surface area contributed by atoms with Gasteiger partial charge in [-0.15, -0.1) is 0 Å². The molecule has 1 saturated carbocycles. The zero-order valence-corrected chi connectivity index (χ0v) is 46.7. The first-order valence-corrected chi connectivity index (χ1v) is 29.5. The maximum Gasteiger partial charge on any atom is 0.332 e. The second-order valence-electron chi connectivity index (χ2n) is 20.8. The van der Waals surface area contributed by atoms with E-state index in [4.69, 9.17) is 28.4 Å². The number of nitrogens with zero attached hydrogens (tertiary/aromatic N) is 1. The smallest absolute Gasteiger partial charge is 0.332 e. The molecule has 1 aliphatic rings. The highest BCUT2D eigenvalue weighted by Crippen LogP contribution is 2.45. The van der Waals surface area contributed by atoms with Gasteiger partial charge in [0.15, 0.2) is 12.6 Å². The number of carbonyl (C=O) groups excluding carboxylic acids is 2. The molecule has 422 valence electrons. The Morgan fingerprint density at radius 2 is 1.03 bits per heavy atom. The van der Waals surface area contributed by atoms with Gasteiger partial charge in [0.2, 0.25) is 0 Å². The van der Waals surface area contributed by atoms with Crippen LogP contribution < -0.4 is 0 Å². The van der Waals surface area contributed by atoms with Gasteiger partial charge in [-0.1, -0.05) is 147 Å². The van der Waals surface area contributed by atoms with Crippen molar-refractivity contribution in [1.82, 2.24) is 4.90 Å². The van der Waals surface area contributed by atoms with Crippen LogP contribution >= 0.6 is 0 Å². The fourth-order valence-electron chi connectivity index (χ4n) is 8.90. The fourth-order valence-corrected chi connectivity index (χ4v) is 8.90. The Morgan fingerprint density at radius 1 is 0.542 bits per heavy atom. The number of rotatable bonds is 55. The minimum Gasteiger partial charge on any atom is -0.464 e. The SMILES string of the molecule is CCCCC/C=C\C/C=C\CCCCCCCCOC(O)COCC(O)OCCCC(CCCC1CC1C(O)COCC(=O)OCCCCCCCC/C=C\CCCCCCCC)OC(=O)CCCN(C)C. The third-order valence-electron chi connectivity index (χ3n) is 13.4. The normalized spacial score (nSPS) is 16.6. The van der Waals surface area contributed by atoms with Crippen LogP contribution in [0.15, 0.2) is 36.5 Å². The van der Waals surface area contributed by atoms with Crippen LogP contribution in [0.4, 0.5) is 0 Å². The van der Waals surface area contributed by atoms with Crippen LogP contribution in [-0.4, -0.2) is 124 Å². The van der Waals surface area contributed by atoms with Gasteiger partial charge in [0.05, 0.1) is 32.5 Å². The molecule has 0 aromatic carbocycles. The zero-order chi connectivity index (χ0) is 52.4. The average molecular weight is 1020 g/mol. The molecule has 0 aromatic rings. The molecule has 6 atom stereocenters. The van der Waals surface area contributed by atoms with Gasteiger partial charge in [0.25, 0.3) is 0 Å². The van der Waals surface area contributed by atoms with Crippen LogP contribution in [0.2, 0.25) is 0 Å². The molecule has 1 aliphatic carbocycles. The first-order valence-electron chi connectivity index (χ1n) is 29.5. The lowest BCUT2D eigenvalue weighted by molar-refractivity contribution is -0.176. The van der Waals surface area contributed by atoms with Gasteiger partial charge in [-0.05, 0) is 148 Å². The maximum absolute atomic E-state index is 12.7. The van der Waals surface area contributed by atoms with Crippen molar-refractivity contribution in [3.63, 3.8) is 0 Å². The zero-order valence-electron chi connectivity index (χ0n) is 46.7. The first kappa shape index (κ1) is 67.9. The van der Waals surface area contributed by atoms with Crippen molar-refractivity contribution in [3.8, 4) is 0 Å². The van der Waals surface area contributed by atoms with Crippen molar-refractivity contribution in [2.75, 3.05) is 66.9 Å². The van der Waals surface area contributed by atoms with E-state index in [-0.39, 0.29) is 57.0 Å². The predicted octanol–water partition coefficient (Wildman–Crippen LogP) is 13.3. The first-order chi connectivity index (χ1) is 35.2. The summed E-state index contributed by atoms with van der Waals surface area (Å²) in [6, 6.07) is 0. The summed E-state index contributed by atoms with van der Waals surface area (Å²) in [5.41, 5.74) is 0. The highest BCUT2D eigenvalue weighted by Gasteiger charge is 2.41. The number of allylic oxidation sites excluding steroid dienone is 6. The molecule has 72 heavy (non-hydrogen) atoms. The molecule has 1 fully saturated rings. The number of esters is 2.